The Labute approximate surface area is 145 Å². The van der Waals surface area contributed by atoms with Gasteiger partial charge in [-0.05, 0) is 38.0 Å². The normalized spacial score (nSPS) is 17.8. The molecule has 25 heavy (non-hydrogen) atoms. The Morgan fingerprint density at radius 1 is 1.28 bits per heavy atom. The number of nitrogens with zero attached hydrogens (tertiary/aromatic N) is 5. The molecule has 1 N–H and O–H groups in total. The van der Waals surface area contributed by atoms with Crippen LogP contribution in [0.25, 0.3) is 11.7 Å². The van der Waals surface area contributed by atoms with Gasteiger partial charge in [-0.1, -0.05) is 0 Å². The highest BCUT2D eigenvalue weighted by Gasteiger charge is 2.21. The molecule has 0 aromatic carbocycles. The second kappa shape index (κ2) is 7.02. The first-order valence-electron chi connectivity index (χ1n) is 8.42. The number of furan rings is 1. The van der Waals surface area contributed by atoms with Gasteiger partial charge in [0.15, 0.2) is 11.6 Å². The van der Waals surface area contributed by atoms with Gasteiger partial charge < -0.3 is 19.1 Å². The zero-order chi connectivity index (χ0) is 17.1. The number of hydrogen-bond acceptors (Lipinski definition) is 8. The van der Waals surface area contributed by atoms with Crippen LogP contribution in [0.1, 0.15) is 24.3 Å². The molecular weight excluding hydrogens is 320 g/mol. The highest BCUT2D eigenvalue weighted by Crippen LogP contribution is 2.23. The first-order chi connectivity index (χ1) is 12.3. The van der Waals surface area contributed by atoms with Crippen LogP contribution < -0.4 is 10.2 Å². The monoisotopic (exact) mass is 340 g/mol. The van der Waals surface area contributed by atoms with Gasteiger partial charge in [0.1, 0.15) is 0 Å². The fourth-order valence-electron chi connectivity index (χ4n) is 3.05. The maximum absolute atomic E-state index is 5.70. The van der Waals surface area contributed by atoms with E-state index in [9.17, 15) is 0 Å². The number of rotatable bonds is 5. The highest BCUT2D eigenvalue weighted by atomic mass is 16.4. The Morgan fingerprint density at radius 2 is 2.24 bits per heavy atom. The molecule has 1 aliphatic rings. The van der Waals surface area contributed by atoms with E-state index in [-0.39, 0.29) is 0 Å². The van der Waals surface area contributed by atoms with Crippen molar-refractivity contribution in [3.63, 3.8) is 0 Å². The largest absolute Gasteiger partial charge is 0.459 e. The van der Waals surface area contributed by atoms with Crippen LogP contribution in [0.3, 0.4) is 0 Å². The quantitative estimate of drug-likeness (QED) is 0.755. The lowest BCUT2D eigenvalue weighted by atomic mass is 10.1. The summed E-state index contributed by atoms with van der Waals surface area (Å²) in [7, 11) is 0. The fraction of sp³-hybridized carbons (Fsp3) is 0.412. The zero-order valence-corrected chi connectivity index (χ0v) is 14.1. The Hall–Kier alpha value is -2.74. The number of aromatic nitrogens is 4. The molecule has 1 aliphatic heterocycles. The number of aryl methyl sites for hydroxylation is 1. The van der Waals surface area contributed by atoms with Gasteiger partial charge in [0.25, 0.3) is 5.89 Å². The van der Waals surface area contributed by atoms with Gasteiger partial charge in [-0.2, -0.15) is 5.10 Å². The van der Waals surface area contributed by atoms with E-state index in [4.69, 9.17) is 8.83 Å². The molecule has 3 aromatic heterocycles. The van der Waals surface area contributed by atoms with Crippen LogP contribution in [-0.4, -0.2) is 39.5 Å². The Balaban J connectivity index is 1.35. The number of hydrogen-bond donors (Lipinski definition) is 1. The Bertz CT molecular complexity index is 815. The molecule has 1 atom stereocenters. The molecule has 0 aliphatic carbocycles. The standard InChI is InChI=1S/C17H20N6O2/c1-12-6-9-24-16(12)17-22-21-15(25-17)10-18-13-4-3-8-23(11-13)14-5-2-7-19-20-14/h2,5-7,9,13,18H,3-4,8,10-11H2,1H3/t13-/m1/s1. The zero-order valence-electron chi connectivity index (χ0n) is 14.1. The van der Waals surface area contributed by atoms with Crippen molar-refractivity contribution in [1.29, 1.82) is 0 Å². The number of anilines is 1. The summed E-state index contributed by atoms with van der Waals surface area (Å²) in [4.78, 5) is 2.25. The van der Waals surface area contributed by atoms with Gasteiger partial charge in [-0.25, -0.2) is 0 Å². The van der Waals surface area contributed by atoms with Crippen molar-refractivity contribution in [2.24, 2.45) is 0 Å². The van der Waals surface area contributed by atoms with Crippen molar-refractivity contribution >= 4 is 5.82 Å². The lowest BCUT2D eigenvalue weighted by Gasteiger charge is -2.33. The third kappa shape index (κ3) is 3.53. The van der Waals surface area contributed by atoms with Gasteiger partial charge in [-0.3, -0.25) is 0 Å². The summed E-state index contributed by atoms with van der Waals surface area (Å²) < 4.78 is 11.1. The summed E-state index contributed by atoms with van der Waals surface area (Å²) in [5.74, 6) is 2.53. The van der Waals surface area contributed by atoms with E-state index < -0.39 is 0 Å². The lowest BCUT2D eigenvalue weighted by molar-refractivity contribution is 0.387. The van der Waals surface area contributed by atoms with E-state index in [0.29, 0.717) is 30.1 Å². The summed E-state index contributed by atoms with van der Waals surface area (Å²) in [6, 6.07) is 6.12. The number of piperidine rings is 1. The summed E-state index contributed by atoms with van der Waals surface area (Å²) >= 11 is 0. The highest BCUT2D eigenvalue weighted by molar-refractivity contribution is 5.49. The summed E-state index contributed by atoms with van der Waals surface area (Å²) in [6.07, 6.45) is 5.52. The predicted molar refractivity (Wildman–Crippen MR) is 90.8 cm³/mol. The fourth-order valence-corrected chi connectivity index (χ4v) is 3.05. The molecule has 8 heteroatoms. The van der Waals surface area contributed by atoms with Crippen LogP contribution in [0.2, 0.25) is 0 Å². The van der Waals surface area contributed by atoms with Crippen LogP contribution in [0.15, 0.2) is 39.5 Å². The molecule has 0 saturated carbocycles. The SMILES string of the molecule is Cc1ccoc1-c1nnc(CN[C@@H]2CCCN(c3cccnn3)C2)o1. The Morgan fingerprint density at radius 3 is 3.04 bits per heavy atom. The molecule has 0 amide bonds. The smallest absolute Gasteiger partial charge is 0.283 e. The molecule has 0 unspecified atom stereocenters. The van der Waals surface area contributed by atoms with Crippen molar-refractivity contribution in [2.45, 2.75) is 32.4 Å². The van der Waals surface area contributed by atoms with Crippen LogP contribution in [-0.2, 0) is 6.54 Å². The molecule has 0 spiro atoms. The van der Waals surface area contributed by atoms with E-state index in [1.807, 2.05) is 25.1 Å². The average molecular weight is 340 g/mol. The van der Waals surface area contributed by atoms with Crippen LogP contribution in [0.4, 0.5) is 5.82 Å². The van der Waals surface area contributed by atoms with Gasteiger partial charge in [-0.15, -0.1) is 15.3 Å². The molecule has 130 valence electrons. The van der Waals surface area contributed by atoms with E-state index in [1.54, 1.807) is 12.5 Å². The molecule has 8 nitrogen and oxygen atoms in total. The van der Waals surface area contributed by atoms with Crippen molar-refractivity contribution in [2.75, 3.05) is 18.0 Å². The van der Waals surface area contributed by atoms with Crippen molar-refractivity contribution in [3.8, 4) is 11.7 Å². The minimum Gasteiger partial charge on any atom is -0.459 e. The first-order valence-corrected chi connectivity index (χ1v) is 8.42. The molecular formula is C17H20N6O2. The molecule has 4 rings (SSSR count). The molecule has 0 radical (unpaired) electrons. The predicted octanol–water partition coefficient (Wildman–Crippen LogP) is 2.19. The van der Waals surface area contributed by atoms with Crippen molar-refractivity contribution in [1.82, 2.24) is 25.7 Å². The first kappa shape index (κ1) is 15.8. The van der Waals surface area contributed by atoms with Crippen molar-refractivity contribution < 1.29 is 8.83 Å². The minimum absolute atomic E-state index is 0.344. The van der Waals surface area contributed by atoms with E-state index in [2.05, 4.69) is 30.6 Å². The van der Waals surface area contributed by atoms with Crippen LogP contribution in [0, 0.1) is 6.92 Å². The molecule has 3 aromatic rings. The minimum atomic E-state index is 0.344. The second-order valence-electron chi connectivity index (χ2n) is 6.18. The van der Waals surface area contributed by atoms with E-state index in [1.165, 1.54) is 0 Å². The molecule has 1 fully saturated rings. The van der Waals surface area contributed by atoms with Gasteiger partial charge in [0.2, 0.25) is 5.89 Å². The van der Waals surface area contributed by atoms with Gasteiger partial charge >= 0.3 is 0 Å². The third-order valence-electron chi connectivity index (χ3n) is 4.37. The molecule has 4 heterocycles. The number of nitrogens with one attached hydrogen (secondary N) is 1. The van der Waals surface area contributed by atoms with E-state index >= 15 is 0 Å². The van der Waals surface area contributed by atoms with Crippen LogP contribution in [0.5, 0.6) is 0 Å². The lowest BCUT2D eigenvalue weighted by Crippen LogP contribution is -2.45. The topological polar surface area (TPSA) is 93.1 Å². The van der Waals surface area contributed by atoms with Gasteiger partial charge in [0.05, 0.1) is 12.8 Å². The third-order valence-corrected chi connectivity index (χ3v) is 4.37. The maximum Gasteiger partial charge on any atom is 0.283 e. The Kier molecular flexibility index (Phi) is 4.43. The van der Waals surface area contributed by atoms with Crippen molar-refractivity contribution in [3.05, 3.63) is 42.1 Å². The molecule has 0 bridgehead atoms. The summed E-state index contributed by atoms with van der Waals surface area (Å²) in [5, 5.41) is 19.8. The summed E-state index contributed by atoms with van der Waals surface area (Å²) in [6.45, 7) is 4.37. The van der Waals surface area contributed by atoms with Crippen LogP contribution >= 0.6 is 0 Å². The van der Waals surface area contributed by atoms with Gasteiger partial charge in [0, 0.05) is 30.9 Å². The average Bonchev–Trinajstić information content (AvgIpc) is 3.29. The maximum atomic E-state index is 5.70. The van der Waals surface area contributed by atoms with E-state index in [0.717, 1.165) is 37.3 Å². The molecule has 1 saturated heterocycles. The second-order valence-corrected chi connectivity index (χ2v) is 6.18. The summed E-state index contributed by atoms with van der Waals surface area (Å²) in [5.41, 5.74) is 0.982.